The number of aliphatic hydroxyl groups excluding tert-OH is 1. The number of hydrogen-bond acceptors (Lipinski definition) is 4. The lowest BCUT2D eigenvalue weighted by molar-refractivity contribution is 0.260. The standard InChI is InChI=1S/C12H19N3O2/c1-12(2,5-6-16)15-9-7-10(17)14-11(13-9)8-3-4-8/h7-8,16H,3-6H2,1-2H3,(H2,13,14,15,17). The minimum Gasteiger partial charge on any atom is -0.396 e. The van der Waals surface area contributed by atoms with Crippen molar-refractivity contribution in [3.05, 3.63) is 22.2 Å². The highest BCUT2D eigenvalue weighted by Crippen LogP contribution is 2.37. The fourth-order valence-electron chi connectivity index (χ4n) is 1.78. The minimum atomic E-state index is -0.267. The molecule has 0 amide bonds. The Morgan fingerprint density at radius 2 is 2.29 bits per heavy atom. The van der Waals surface area contributed by atoms with Crippen LogP contribution in [-0.4, -0.2) is 27.2 Å². The zero-order valence-electron chi connectivity index (χ0n) is 10.3. The summed E-state index contributed by atoms with van der Waals surface area (Å²) in [4.78, 5) is 18.7. The molecule has 1 fully saturated rings. The van der Waals surface area contributed by atoms with Gasteiger partial charge in [0.15, 0.2) is 0 Å². The van der Waals surface area contributed by atoms with Crippen molar-refractivity contribution in [3.8, 4) is 0 Å². The largest absolute Gasteiger partial charge is 0.396 e. The summed E-state index contributed by atoms with van der Waals surface area (Å²) in [5, 5.41) is 12.2. The monoisotopic (exact) mass is 237 g/mol. The van der Waals surface area contributed by atoms with Gasteiger partial charge in [-0.15, -0.1) is 0 Å². The van der Waals surface area contributed by atoms with Crippen LogP contribution in [0.2, 0.25) is 0 Å². The molecule has 5 heteroatoms. The number of aromatic nitrogens is 2. The highest BCUT2D eigenvalue weighted by atomic mass is 16.3. The summed E-state index contributed by atoms with van der Waals surface area (Å²) in [5.41, 5.74) is -0.389. The maximum Gasteiger partial charge on any atom is 0.252 e. The van der Waals surface area contributed by atoms with Gasteiger partial charge in [0.05, 0.1) is 0 Å². The van der Waals surface area contributed by atoms with E-state index in [2.05, 4.69) is 15.3 Å². The van der Waals surface area contributed by atoms with Crippen LogP contribution in [0.1, 0.15) is 44.9 Å². The van der Waals surface area contributed by atoms with Crippen LogP contribution in [0.4, 0.5) is 5.82 Å². The smallest absolute Gasteiger partial charge is 0.252 e. The zero-order valence-corrected chi connectivity index (χ0v) is 10.3. The molecule has 0 unspecified atom stereocenters. The molecule has 5 nitrogen and oxygen atoms in total. The van der Waals surface area contributed by atoms with Crippen LogP contribution in [0.25, 0.3) is 0 Å². The Bertz CT molecular complexity index is 449. The van der Waals surface area contributed by atoms with Crippen LogP contribution >= 0.6 is 0 Å². The molecule has 0 radical (unpaired) electrons. The lowest BCUT2D eigenvalue weighted by Crippen LogP contribution is -2.33. The number of aliphatic hydroxyl groups is 1. The van der Waals surface area contributed by atoms with E-state index in [1.54, 1.807) is 0 Å². The van der Waals surface area contributed by atoms with Crippen molar-refractivity contribution >= 4 is 5.82 Å². The Morgan fingerprint density at radius 1 is 1.59 bits per heavy atom. The molecule has 1 aromatic heterocycles. The third kappa shape index (κ3) is 3.30. The number of aromatic amines is 1. The van der Waals surface area contributed by atoms with Crippen molar-refractivity contribution in [2.45, 2.75) is 44.6 Å². The van der Waals surface area contributed by atoms with E-state index in [0.29, 0.717) is 18.2 Å². The molecular weight excluding hydrogens is 218 g/mol. The molecule has 1 aliphatic carbocycles. The second-order valence-electron chi connectivity index (χ2n) is 5.27. The first-order valence-corrected chi connectivity index (χ1v) is 6.00. The van der Waals surface area contributed by atoms with Crippen molar-refractivity contribution in [1.82, 2.24) is 9.97 Å². The summed E-state index contributed by atoms with van der Waals surface area (Å²) in [6.07, 6.45) is 2.82. The Kier molecular flexibility index (Phi) is 3.19. The van der Waals surface area contributed by atoms with Gasteiger partial charge in [0, 0.05) is 24.1 Å². The molecule has 0 bridgehead atoms. The second-order valence-corrected chi connectivity index (χ2v) is 5.27. The lowest BCUT2D eigenvalue weighted by Gasteiger charge is -2.26. The first kappa shape index (κ1) is 12.1. The number of nitrogens with zero attached hydrogens (tertiary/aromatic N) is 1. The summed E-state index contributed by atoms with van der Waals surface area (Å²) in [6, 6.07) is 1.46. The molecule has 2 rings (SSSR count). The summed E-state index contributed by atoms with van der Waals surface area (Å²) in [6.45, 7) is 4.06. The first-order valence-electron chi connectivity index (χ1n) is 6.00. The molecule has 1 saturated carbocycles. The summed E-state index contributed by atoms with van der Waals surface area (Å²) in [7, 11) is 0. The van der Waals surface area contributed by atoms with Gasteiger partial charge in [-0.1, -0.05) is 0 Å². The van der Waals surface area contributed by atoms with Gasteiger partial charge in [-0.05, 0) is 33.1 Å². The van der Waals surface area contributed by atoms with E-state index in [1.165, 1.54) is 6.07 Å². The normalized spacial score (nSPS) is 15.9. The van der Waals surface area contributed by atoms with E-state index >= 15 is 0 Å². The van der Waals surface area contributed by atoms with Gasteiger partial charge in [0.25, 0.3) is 5.56 Å². The highest BCUT2D eigenvalue weighted by molar-refractivity contribution is 5.36. The molecule has 0 aliphatic heterocycles. The predicted octanol–water partition coefficient (Wildman–Crippen LogP) is 1.22. The molecule has 1 aliphatic rings. The molecule has 17 heavy (non-hydrogen) atoms. The van der Waals surface area contributed by atoms with Crippen LogP contribution in [0, 0.1) is 0 Å². The molecule has 3 N–H and O–H groups in total. The van der Waals surface area contributed by atoms with Crippen molar-refractivity contribution in [2.75, 3.05) is 11.9 Å². The van der Waals surface area contributed by atoms with Crippen LogP contribution in [-0.2, 0) is 0 Å². The van der Waals surface area contributed by atoms with E-state index < -0.39 is 0 Å². The molecule has 0 aromatic carbocycles. The van der Waals surface area contributed by atoms with E-state index in [9.17, 15) is 4.79 Å². The predicted molar refractivity (Wildman–Crippen MR) is 66.2 cm³/mol. The molecule has 94 valence electrons. The highest BCUT2D eigenvalue weighted by Gasteiger charge is 2.27. The van der Waals surface area contributed by atoms with Gasteiger partial charge in [-0.3, -0.25) is 4.79 Å². The fraction of sp³-hybridized carbons (Fsp3) is 0.667. The average molecular weight is 237 g/mol. The van der Waals surface area contributed by atoms with Crippen molar-refractivity contribution in [2.24, 2.45) is 0 Å². The van der Waals surface area contributed by atoms with Gasteiger partial charge in [-0.25, -0.2) is 4.98 Å². The molecule has 1 heterocycles. The van der Waals surface area contributed by atoms with E-state index in [-0.39, 0.29) is 17.7 Å². The summed E-state index contributed by atoms with van der Waals surface area (Å²) in [5.74, 6) is 1.79. The van der Waals surface area contributed by atoms with Crippen LogP contribution in [0.15, 0.2) is 10.9 Å². The molecule has 1 aromatic rings. The SMILES string of the molecule is CC(C)(CCO)Nc1cc(=O)[nH]c(C2CC2)n1. The number of nitrogens with one attached hydrogen (secondary N) is 2. The maximum absolute atomic E-state index is 11.5. The van der Waals surface area contributed by atoms with Crippen molar-refractivity contribution in [3.63, 3.8) is 0 Å². The quantitative estimate of drug-likeness (QED) is 0.719. The van der Waals surface area contributed by atoms with E-state index in [0.717, 1.165) is 18.7 Å². The van der Waals surface area contributed by atoms with Crippen molar-refractivity contribution in [1.29, 1.82) is 0 Å². The van der Waals surface area contributed by atoms with Gasteiger partial charge >= 0.3 is 0 Å². The Hall–Kier alpha value is -1.36. The van der Waals surface area contributed by atoms with E-state index in [1.807, 2.05) is 13.8 Å². The molecule has 0 saturated heterocycles. The molecule has 0 atom stereocenters. The number of H-pyrrole nitrogens is 1. The average Bonchev–Trinajstić information content (AvgIpc) is 2.97. The van der Waals surface area contributed by atoms with Gasteiger partial charge < -0.3 is 15.4 Å². The van der Waals surface area contributed by atoms with Crippen molar-refractivity contribution < 1.29 is 5.11 Å². The Morgan fingerprint density at radius 3 is 2.88 bits per heavy atom. The Labute approximate surface area is 100 Å². The van der Waals surface area contributed by atoms with Crippen LogP contribution in [0.3, 0.4) is 0 Å². The number of anilines is 1. The molecule has 0 spiro atoms. The minimum absolute atomic E-state index is 0.110. The van der Waals surface area contributed by atoms with Gasteiger partial charge in [-0.2, -0.15) is 0 Å². The van der Waals surface area contributed by atoms with Crippen LogP contribution < -0.4 is 10.9 Å². The van der Waals surface area contributed by atoms with Crippen LogP contribution in [0.5, 0.6) is 0 Å². The summed E-state index contributed by atoms with van der Waals surface area (Å²) >= 11 is 0. The van der Waals surface area contributed by atoms with Gasteiger partial charge in [0.2, 0.25) is 0 Å². The third-order valence-electron chi connectivity index (χ3n) is 2.93. The first-order chi connectivity index (χ1) is 8.00. The Balaban J connectivity index is 2.17. The fourth-order valence-corrected chi connectivity index (χ4v) is 1.78. The molecular formula is C12H19N3O2. The topological polar surface area (TPSA) is 78.0 Å². The lowest BCUT2D eigenvalue weighted by atomic mass is 10.0. The number of hydrogen-bond donors (Lipinski definition) is 3. The number of rotatable bonds is 5. The zero-order chi connectivity index (χ0) is 12.5. The third-order valence-corrected chi connectivity index (χ3v) is 2.93. The van der Waals surface area contributed by atoms with Gasteiger partial charge in [0.1, 0.15) is 11.6 Å². The van der Waals surface area contributed by atoms with E-state index in [4.69, 9.17) is 5.11 Å². The summed E-state index contributed by atoms with van der Waals surface area (Å²) < 4.78 is 0. The maximum atomic E-state index is 11.5. The second kappa shape index (κ2) is 4.49.